The molecule has 2 aliphatic heterocycles. The number of carbonyl (C=O) groups is 2. The van der Waals surface area contributed by atoms with Crippen molar-refractivity contribution < 1.29 is 9.59 Å². The van der Waals surface area contributed by atoms with Gasteiger partial charge in [0.1, 0.15) is 0 Å². The van der Waals surface area contributed by atoms with E-state index < -0.39 is 5.91 Å². The second-order valence-corrected chi connectivity index (χ2v) is 5.66. The summed E-state index contributed by atoms with van der Waals surface area (Å²) in [5, 5.41) is 5.83. The lowest BCUT2D eigenvalue weighted by molar-refractivity contribution is -0.146. The molecule has 2 heterocycles. The average molecular weight is 237 g/mol. The predicted octanol–water partition coefficient (Wildman–Crippen LogP) is -0.523. The number of rotatable bonds is 1. The lowest BCUT2D eigenvalue weighted by Gasteiger charge is -2.37. The van der Waals surface area contributed by atoms with Gasteiger partial charge in [0.2, 0.25) is 0 Å². The van der Waals surface area contributed by atoms with Crippen molar-refractivity contribution in [3.8, 4) is 0 Å². The van der Waals surface area contributed by atoms with Crippen LogP contribution >= 0.6 is 0 Å². The van der Waals surface area contributed by atoms with Crippen molar-refractivity contribution in [2.45, 2.75) is 31.7 Å². The summed E-state index contributed by atoms with van der Waals surface area (Å²) >= 11 is 0. The van der Waals surface area contributed by atoms with E-state index in [9.17, 15) is 9.59 Å². The summed E-state index contributed by atoms with van der Waals surface area (Å²) in [6, 6.07) is 0.145. The van der Waals surface area contributed by atoms with Gasteiger partial charge in [0.15, 0.2) is 0 Å². The Hall–Kier alpha value is -1.10. The topological polar surface area (TPSA) is 61.4 Å². The van der Waals surface area contributed by atoms with Gasteiger partial charge in [-0.25, -0.2) is 0 Å². The molecule has 1 spiro atoms. The fourth-order valence-electron chi connectivity index (χ4n) is 2.97. The van der Waals surface area contributed by atoms with Crippen LogP contribution in [0.1, 0.15) is 25.7 Å². The zero-order valence-electron chi connectivity index (χ0n) is 10.00. The van der Waals surface area contributed by atoms with Crippen LogP contribution in [0, 0.1) is 5.41 Å². The summed E-state index contributed by atoms with van der Waals surface area (Å²) < 4.78 is 0. The SMILES string of the molecule is O=C(NC1CNC1)C(=O)N1CCC2(CCC2)C1. The fraction of sp³-hybridized carbons (Fsp3) is 0.833. The highest BCUT2D eigenvalue weighted by molar-refractivity contribution is 6.35. The fourth-order valence-corrected chi connectivity index (χ4v) is 2.97. The molecule has 0 aromatic heterocycles. The minimum atomic E-state index is -0.423. The highest BCUT2D eigenvalue weighted by Gasteiger charge is 2.45. The van der Waals surface area contributed by atoms with Crippen LogP contribution in [0.15, 0.2) is 0 Å². The molecule has 0 radical (unpaired) electrons. The third kappa shape index (κ3) is 1.92. The number of carbonyl (C=O) groups excluding carboxylic acids is 2. The molecule has 3 fully saturated rings. The van der Waals surface area contributed by atoms with Crippen LogP contribution in [0.25, 0.3) is 0 Å². The molecule has 0 bridgehead atoms. The summed E-state index contributed by atoms with van der Waals surface area (Å²) in [6.45, 7) is 3.11. The summed E-state index contributed by atoms with van der Waals surface area (Å²) in [7, 11) is 0. The van der Waals surface area contributed by atoms with E-state index >= 15 is 0 Å². The normalized spacial score (nSPS) is 26.5. The summed E-state index contributed by atoms with van der Waals surface area (Å²) in [5.74, 6) is -0.756. The van der Waals surface area contributed by atoms with Gasteiger partial charge < -0.3 is 15.5 Å². The van der Waals surface area contributed by atoms with Crippen LogP contribution in [0.4, 0.5) is 0 Å². The van der Waals surface area contributed by atoms with Gasteiger partial charge in [0, 0.05) is 26.2 Å². The van der Waals surface area contributed by atoms with E-state index in [-0.39, 0.29) is 11.9 Å². The molecule has 1 aliphatic carbocycles. The number of likely N-dealkylation sites (tertiary alicyclic amines) is 1. The van der Waals surface area contributed by atoms with Gasteiger partial charge in [-0.05, 0) is 24.7 Å². The van der Waals surface area contributed by atoms with E-state index in [1.165, 1.54) is 19.3 Å². The predicted molar refractivity (Wildman–Crippen MR) is 62.3 cm³/mol. The van der Waals surface area contributed by atoms with E-state index in [2.05, 4.69) is 10.6 Å². The Labute approximate surface area is 101 Å². The lowest BCUT2D eigenvalue weighted by Crippen LogP contribution is -2.59. The van der Waals surface area contributed by atoms with E-state index in [1.807, 2.05) is 0 Å². The number of nitrogens with one attached hydrogen (secondary N) is 2. The molecule has 2 amide bonds. The first-order valence-corrected chi connectivity index (χ1v) is 6.49. The molecule has 94 valence electrons. The van der Waals surface area contributed by atoms with Gasteiger partial charge >= 0.3 is 11.8 Å². The van der Waals surface area contributed by atoms with Crippen LogP contribution in [-0.2, 0) is 9.59 Å². The van der Waals surface area contributed by atoms with Crippen molar-refractivity contribution in [3.63, 3.8) is 0 Å². The van der Waals surface area contributed by atoms with Crippen LogP contribution in [0.5, 0.6) is 0 Å². The molecule has 3 aliphatic rings. The summed E-state index contributed by atoms with van der Waals surface area (Å²) in [5.41, 5.74) is 0.369. The molecule has 5 heteroatoms. The van der Waals surface area contributed by atoms with Crippen LogP contribution in [-0.4, -0.2) is 48.9 Å². The third-order valence-electron chi connectivity index (χ3n) is 4.45. The van der Waals surface area contributed by atoms with Gasteiger partial charge in [-0.1, -0.05) is 6.42 Å². The van der Waals surface area contributed by atoms with E-state index in [0.29, 0.717) is 5.41 Å². The molecule has 1 saturated carbocycles. The molecule has 2 N–H and O–H groups in total. The minimum Gasteiger partial charge on any atom is -0.343 e. The van der Waals surface area contributed by atoms with Crippen molar-refractivity contribution >= 4 is 11.8 Å². The zero-order valence-corrected chi connectivity index (χ0v) is 10.00. The van der Waals surface area contributed by atoms with E-state index in [0.717, 1.165) is 32.6 Å². The summed E-state index contributed by atoms with van der Waals surface area (Å²) in [6.07, 6.45) is 4.81. The Bertz CT molecular complexity index is 348. The van der Waals surface area contributed by atoms with Crippen molar-refractivity contribution in [2.24, 2.45) is 5.41 Å². The van der Waals surface area contributed by atoms with Crippen molar-refractivity contribution in [1.82, 2.24) is 15.5 Å². The zero-order chi connectivity index (χ0) is 11.9. The highest BCUT2D eigenvalue weighted by atomic mass is 16.2. The Morgan fingerprint density at radius 1 is 1.24 bits per heavy atom. The van der Waals surface area contributed by atoms with Gasteiger partial charge in [0.05, 0.1) is 6.04 Å². The Kier molecular flexibility index (Phi) is 2.58. The van der Waals surface area contributed by atoms with E-state index in [1.54, 1.807) is 4.90 Å². The molecule has 0 aromatic carbocycles. The molecule has 17 heavy (non-hydrogen) atoms. The number of hydrogen-bond acceptors (Lipinski definition) is 3. The Morgan fingerprint density at radius 2 is 2.00 bits per heavy atom. The minimum absolute atomic E-state index is 0.145. The first-order chi connectivity index (χ1) is 8.19. The smallest absolute Gasteiger partial charge is 0.311 e. The van der Waals surface area contributed by atoms with Crippen molar-refractivity contribution in [3.05, 3.63) is 0 Å². The Balaban J connectivity index is 1.53. The van der Waals surface area contributed by atoms with Crippen molar-refractivity contribution in [2.75, 3.05) is 26.2 Å². The van der Waals surface area contributed by atoms with Crippen LogP contribution in [0.3, 0.4) is 0 Å². The van der Waals surface area contributed by atoms with Gasteiger partial charge in [-0.15, -0.1) is 0 Å². The second-order valence-electron chi connectivity index (χ2n) is 5.66. The molecule has 2 saturated heterocycles. The molecular formula is C12H19N3O2. The quantitative estimate of drug-likeness (QED) is 0.603. The average Bonchev–Trinajstić information content (AvgIpc) is 2.66. The maximum absolute atomic E-state index is 11.9. The highest BCUT2D eigenvalue weighted by Crippen LogP contribution is 2.47. The largest absolute Gasteiger partial charge is 0.343 e. The second kappa shape index (κ2) is 3.98. The monoisotopic (exact) mass is 237 g/mol. The lowest BCUT2D eigenvalue weighted by atomic mass is 9.68. The van der Waals surface area contributed by atoms with Crippen molar-refractivity contribution in [1.29, 1.82) is 0 Å². The Morgan fingerprint density at radius 3 is 2.47 bits per heavy atom. The van der Waals surface area contributed by atoms with Crippen LogP contribution < -0.4 is 10.6 Å². The molecular weight excluding hydrogens is 218 g/mol. The van der Waals surface area contributed by atoms with Gasteiger partial charge in [-0.2, -0.15) is 0 Å². The maximum Gasteiger partial charge on any atom is 0.311 e. The molecule has 0 unspecified atom stereocenters. The molecule has 0 atom stereocenters. The number of hydrogen-bond donors (Lipinski definition) is 2. The number of amides is 2. The maximum atomic E-state index is 11.9. The van der Waals surface area contributed by atoms with Gasteiger partial charge in [0.25, 0.3) is 0 Å². The van der Waals surface area contributed by atoms with Crippen LogP contribution in [0.2, 0.25) is 0 Å². The molecule has 0 aromatic rings. The third-order valence-corrected chi connectivity index (χ3v) is 4.45. The van der Waals surface area contributed by atoms with E-state index in [4.69, 9.17) is 0 Å². The first-order valence-electron chi connectivity index (χ1n) is 6.49. The number of nitrogens with zero attached hydrogens (tertiary/aromatic N) is 1. The van der Waals surface area contributed by atoms with Gasteiger partial charge in [-0.3, -0.25) is 9.59 Å². The first kappa shape index (κ1) is 11.0. The summed E-state index contributed by atoms with van der Waals surface area (Å²) in [4.78, 5) is 25.4. The standard InChI is InChI=1S/C12H19N3O2/c16-10(14-9-6-13-7-9)11(17)15-5-4-12(8-15)2-1-3-12/h9,13H,1-8H2,(H,14,16). The molecule has 5 nitrogen and oxygen atoms in total. The molecule has 3 rings (SSSR count).